The zero-order chi connectivity index (χ0) is 13.7. The number of carbonyl (C=O) groups is 1. The maximum atomic E-state index is 12.4. The third-order valence-corrected chi connectivity index (χ3v) is 4.50. The molecule has 3 unspecified atom stereocenters. The lowest BCUT2D eigenvalue weighted by Crippen LogP contribution is -2.32. The van der Waals surface area contributed by atoms with E-state index in [9.17, 15) is 4.79 Å². The van der Waals surface area contributed by atoms with Crippen molar-refractivity contribution in [3.05, 3.63) is 24.0 Å². The average Bonchev–Trinajstić information content (AvgIpc) is 3.11. The second-order valence-electron chi connectivity index (χ2n) is 5.93. The van der Waals surface area contributed by atoms with E-state index in [2.05, 4.69) is 20.6 Å². The largest absolute Gasteiger partial charge is 0.342 e. The highest BCUT2D eigenvalue weighted by Crippen LogP contribution is 2.34. The summed E-state index contributed by atoms with van der Waals surface area (Å²) >= 11 is 0. The summed E-state index contributed by atoms with van der Waals surface area (Å²) in [5, 5.41) is 6.54. The average molecular weight is 270 g/mol. The molecular weight excluding hydrogens is 252 g/mol. The molecule has 2 aliphatic heterocycles. The Hall–Kier alpha value is -1.88. The Labute approximate surface area is 117 Å². The van der Waals surface area contributed by atoms with E-state index in [1.807, 2.05) is 25.1 Å². The number of amides is 1. The number of benzene rings is 1. The summed E-state index contributed by atoms with van der Waals surface area (Å²) < 4.78 is 0. The van der Waals surface area contributed by atoms with Crippen molar-refractivity contribution >= 4 is 22.6 Å². The van der Waals surface area contributed by atoms with Gasteiger partial charge in [-0.25, -0.2) is 4.98 Å². The summed E-state index contributed by atoms with van der Waals surface area (Å²) in [4.78, 5) is 19.9. The first kappa shape index (κ1) is 11.9. The molecule has 1 aromatic carbocycles. The normalized spacial score (nSPS) is 28.1. The van der Waals surface area contributed by atoms with Crippen molar-refractivity contribution in [2.75, 3.05) is 5.32 Å². The van der Waals surface area contributed by atoms with Crippen molar-refractivity contribution in [3.8, 4) is 0 Å². The monoisotopic (exact) mass is 270 g/mol. The first-order valence-electron chi connectivity index (χ1n) is 7.22. The number of aryl methyl sites for hydroxylation is 1. The van der Waals surface area contributed by atoms with Gasteiger partial charge in [-0.15, -0.1) is 0 Å². The van der Waals surface area contributed by atoms with Gasteiger partial charge >= 0.3 is 0 Å². The van der Waals surface area contributed by atoms with E-state index in [0.717, 1.165) is 35.4 Å². The molecule has 3 atom stereocenters. The van der Waals surface area contributed by atoms with Crippen molar-refractivity contribution in [2.45, 2.75) is 38.3 Å². The number of carbonyl (C=O) groups excluding carboxylic acids is 1. The van der Waals surface area contributed by atoms with Gasteiger partial charge in [-0.1, -0.05) is 0 Å². The Balaban J connectivity index is 1.53. The molecule has 0 spiro atoms. The van der Waals surface area contributed by atoms with Gasteiger partial charge in [0, 0.05) is 17.8 Å². The van der Waals surface area contributed by atoms with Gasteiger partial charge in [0.15, 0.2) is 0 Å². The SMILES string of the molecule is Cc1nc2ccc(NC(=O)C3CC4CCC3N4)cc2[nH]1. The van der Waals surface area contributed by atoms with Crippen LogP contribution < -0.4 is 10.6 Å². The van der Waals surface area contributed by atoms with E-state index in [1.165, 1.54) is 6.42 Å². The van der Waals surface area contributed by atoms with Crippen LogP contribution in [0.3, 0.4) is 0 Å². The van der Waals surface area contributed by atoms with Gasteiger partial charge < -0.3 is 15.6 Å². The Morgan fingerprint density at radius 2 is 2.30 bits per heavy atom. The summed E-state index contributed by atoms with van der Waals surface area (Å²) in [5.74, 6) is 1.15. The fraction of sp³-hybridized carbons (Fsp3) is 0.467. The van der Waals surface area contributed by atoms with E-state index >= 15 is 0 Å². The summed E-state index contributed by atoms with van der Waals surface area (Å²) in [6.07, 6.45) is 3.32. The Bertz CT molecular complexity index is 678. The molecule has 2 aliphatic rings. The first-order valence-corrected chi connectivity index (χ1v) is 7.22. The Morgan fingerprint density at radius 3 is 3.05 bits per heavy atom. The summed E-state index contributed by atoms with van der Waals surface area (Å²) in [7, 11) is 0. The molecule has 2 aromatic rings. The van der Waals surface area contributed by atoms with Crippen LogP contribution in [0.5, 0.6) is 0 Å². The quantitative estimate of drug-likeness (QED) is 0.781. The first-order chi connectivity index (χ1) is 9.69. The van der Waals surface area contributed by atoms with Gasteiger partial charge in [-0.3, -0.25) is 4.79 Å². The van der Waals surface area contributed by atoms with Crippen LogP contribution in [-0.4, -0.2) is 28.0 Å². The molecule has 5 heteroatoms. The van der Waals surface area contributed by atoms with Crippen LogP contribution in [-0.2, 0) is 4.79 Å². The third kappa shape index (κ3) is 1.89. The molecule has 2 saturated heterocycles. The number of aromatic amines is 1. The predicted molar refractivity (Wildman–Crippen MR) is 77.5 cm³/mol. The van der Waals surface area contributed by atoms with E-state index in [-0.39, 0.29) is 11.8 Å². The van der Waals surface area contributed by atoms with Crippen LogP contribution in [0.1, 0.15) is 25.1 Å². The van der Waals surface area contributed by atoms with Gasteiger partial charge in [0.25, 0.3) is 0 Å². The van der Waals surface area contributed by atoms with Crippen LogP contribution in [0.25, 0.3) is 11.0 Å². The van der Waals surface area contributed by atoms with Crippen molar-refractivity contribution in [2.24, 2.45) is 5.92 Å². The smallest absolute Gasteiger partial charge is 0.229 e. The Morgan fingerprint density at radius 1 is 1.40 bits per heavy atom. The molecular formula is C15H18N4O. The van der Waals surface area contributed by atoms with E-state index in [1.54, 1.807) is 0 Å². The van der Waals surface area contributed by atoms with Crippen LogP contribution >= 0.6 is 0 Å². The number of rotatable bonds is 2. The lowest BCUT2D eigenvalue weighted by molar-refractivity contribution is -0.120. The molecule has 4 rings (SSSR count). The summed E-state index contributed by atoms with van der Waals surface area (Å²) in [6.45, 7) is 1.93. The highest BCUT2D eigenvalue weighted by atomic mass is 16.2. The molecule has 1 amide bonds. The third-order valence-electron chi connectivity index (χ3n) is 4.50. The zero-order valence-electron chi connectivity index (χ0n) is 11.4. The number of imidazole rings is 1. The number of hydrogen-bond acceptors (Lipinski definition) is 3. The molecule has 0 aliphatic carbocycles. The summed E-state index contributed by atoms with van der Waals surface area (Å²) in [5.41, 5.74) is 2.74. The second-order valence-corrected chi connectivity index (χ2v) is 5.93. The molecule has 0 saturated carbocycles. The van der Waals surface area contributed by atoms with Gasteiger partial charge in [0.1, 0.15) is 5.82 Å². The van der Waals surface area contributed by atoms with Crippen molar-refractivity contribution in [1.82, 2.24) is 15.3 Å². The Kier molecular flexibility index (Phi) is 2.57. The molecule has 2 bridgehead atoms. The number of nitrogens with zero attached hydrogens (tertiary/aromatic N) is 1. The zero-order valence-corrected chi connectivity index (χ0v) is 11.4. The number of nitrogens with one attached hydrogen (secondary N) is 3. The number of anilines is 1. The highest BCUT2D eigenvalue weighted by Gasteiger charge is 2.42. The van der Waals surface area contributed by atoms with E-state index in [4.69, 9.17) is 0 Å². The number of fused-ring (bicyclic) bond motifs is 3. The predicted octanol–water partition coefficient (Wildman–Crippen LogP) is 1.95. The molecule has 2 fully saturated rings. The maximum absolute atomic E-state index is 12.4. The topological polar surface area (TPSA) is 69.8 Å². The van der Waals surface area contributed by atoms with E-state index in [0.29, 0.717) is 12.1 Å². The maximum Gasteiger partial charge on any atom is 0.229 e. The standard InChI is InChI=1S/C15H18N4O/c1-8-16-13-5-3-10(7-14(13)17-8)19-15(20)11-6-9-2-4-12(11)18-9/h3,5,7,9,11-12,18H,2,4,6H2,1H3,(H,16,17)(H,19,20). The number of aromatic nitrogens is 2. The van der Waals surface area contributed by atoms with Gasteiger partial charge in [0.2, 0.25) is 5.91 Å². The molecule has 104 valence electrons. The molecule has 5 nitrogen and oxygen atoms in total. The minimum atomic E-state index is 0.118. The molecule has 20 heavy (non-hydrogen) atoms. The summed E-state index contributed by atoms with van der Waals surface area (Å²) in [6, 6.07) is 6.73. The fourth-order valence-electron chi connectivity index (χ4n) is 3.56. The van der Waals surface area contributed by atoms with Crippen molar-refractivity contribution in [3.63, 3.8) is 0 Å². The van der Waals surface area contributed by atoms with Crippen LogP contribution in [0.4, 0.5) is 5.69 Å². The second kappa shape index (κ2) is 4.31. The molecule has 3 heterocycles. The van der Waals surface area contributed by atoms with Crippen LogP contribution in [0.15, 0.2) is 18.2 Å². The fourth-order valence-corrected chi connectivity index (χ4v) is 3.56. The van der Waals surface area contributed by atoms with E-state index < -0.39 is 0 Å². The lowest BCUT2D eigenvalue weighted by Gasteiger charge is -2.19. The number of hydrogen-bond donors (Lipinski definition) is 3. The molecule has 0 radical (unpaired) electrons. The molecule has 3 N–H and O–H groups in total. The van der Waals surface area contributed by atoms with Crippen molar-refractivity contribution in [1.29, 1.82) is 0 Å². The minimum absolute atomic E-state index is 0.118. The van der Waals surface area contributed by atoms with Crippen LogP contribution in [0.2, 0.25) is 0 Å². The van der Waals surface area contributed by atoms with Gasteiger partial charge in [-0.2, -0.15) is 0 Å². The van der Waals surface area contributed by atoms with Crippen molar-refractivity contribution < 1.29 is 4.79 Å². The molecule has 1 aromatic heterocycles. The number of H-pyrrole nitrogens is 1. The lowest BCUT2D eigenvalue weighted by atomic mass is 9.88. The van der Waals surface area contributed by atoms with Crippen LogP contribution in [0, 0.1) is 12.8 Å². The van der Waals surface area contributed by atoms with Gasteiger partial charge in [0.05, 0.1) is 17.0 Å². The van der Waals surface area contributed by atoms with Gasteiger partial charge in [-0.05, 0) is 44.4 Å². The highest BCUT2D eigenvalue weighted by molar-refractivity contribution is 5.95. The minimum Gasteiger partial charge on any atom is -0.342 e.